The number of ketones is 2. The molecular formula is C25H32O8. The van der Waals surface area contributed by atoms with Crippen LogP contribution in [0.15, 0.2) is 23.8 Å². The molecule has 2 N–H and O–H groups in total. The molecule has 0 aromatic rings. The van der Waals surface area contributed by atoms with E-state index in [2.05, 4.69) is 0 Å². The highest BCUT2D eigenvalue weighted by Gasteiger charge is 2.72. The molecule has 33 heavy (non-hydrogen) atoms. The van der Waals surface area contributed by atoms with Crippen LogP contribution in [-0.2, 0) is 28.7 Å². The molecule has 0 heterocycles. The van der Waals surface area contributed by atoms with Crippen LogP contribution in [0.5, 0.6) is 0 Å². The first-order valence-electron chi connectivity index (χ1n) is 11.5. The largest absolute Gasteiger partial charge is 0.469 e. The van der Waals surface area contributed by atoms with E-state index >= 15 is 0 Å². The van der Waals surface area contributed by atoms with Crippen LogP contribution < -0.4 is 0 Å². The highest BCUT2D eigenvalue weighted by molar-refractivity contribution is 6.01. The third-order valence-electron chi connectivity index (χ3n) is 9.08. The number of aliphatic hydroxyl groups excluding tert-OH is 1. The predicted octanol–water partition coefficient (Wildman–Crippen LogP) is 1.53. The summed E-state index contributed by atoms with van der Waals surface area (Å²) < 4.78 is 10.0. The summed E-state index contributed by atoms with van der Waals surface area (Å²) >= 11 is 0. The lowest BCUT2D eigenvalue weighted by Gasteiger charge is -2.59. The van der Waals surface area contributed by atoms with Crippen LogP contribution >= 0.6 is 0 Å². The van der Waals surface area contributed by atoms with Crippen molar-refractivity contribution in [3.05, 3.63) is 23.8 Å². The van der Waals surface area contributed by atoms with Crippen molar-refractivity contribution >= 4 is 23.5 Å². The quantitative estimate of drug-likeness (QED) is 0.605. The summed E-state index contributed by atoms with van der Waals surface area (Å²) in [4.78, 5) is 49.5. The molecule has 4 aliphatic rings. The van der Waals surface area contributed by atoms with Gasteiger partial charge in [-0.1, -0.05) is 25.5 Å². The molecule has 0 aromatic carbocycles. The van der Waals surface area contributed by atoms with E-state index in [1.165, 1.54) is 20.1 Å². The topological polar surface area (TPSA) is 127 Å². The van der Waals surface area contributed by atoms with Crippen molar-refractivity contribution < 1.29 is 38.9 Å². The third kappa shape index (κ3) is 3.25. The van der Waals surface area contributed by atoms with E-state index in [1.54, 1.807) is 13.0 Å². The lowest BCUT2D eigenvalue weighted by Crippen LogP contribution is -2.63. The minimum atomic E-state index is -2.15. The molecule has 0 spiro atoms. The first-order chi connectivity index (χ1) is 15.4. The summed E-state index contributed by atoms with van der Waals surface area (Å²) in [5.41, 5.74) is -2.83. The number of Topliss-reactive ketones (excluding diaryl/α,β-unsaturated/α-hetero) is 1. The molecular weight excluding hydrogens is 428 g/mol. The number of aliphatic hydroxyl groups is 2. The average Bonchev–Trinajstić information content (AvgIpc) is 2.98. The van der Waals surface area contributed by atoms with Gasteiger partial charge in [-0.3, -0.25) is 19.2 Å². The van der Waals surface area contributed by atoms with Gasteiger partial charge in [0.1, 0.15) is 0 Å². The van der Waals surface area contributed by atoms with Crippen LogP contribution in [0.25, 0.3) is 0 Å². The zero-order valence-electron chi connectivity index (χ0n) is 19.5. The number of esters is 2. The van der Waals surface area contributed by atoms with Gasteiger partial charge in [0.15, 0.2) is 18.0 Å². The molecule has 0 radical (unpaired) electrons. The van der Waals surface area contributed by atoms with E-state index in [-0.39, 0.29) is 36.4 Å². The van der Waals surface area contributed by atoms with E-state index in [9.17, 15) is 29.4 Å². The molecule has 3 saturated carbocycles. The molecule has 4 aliphatic carbocycles. The van der Waals surface area contributed by atoms with Gasteiger partial charge >= 0.3 is 11.9 Å². The van der Waals surface area contributed by atoms with Crippen LogP contribution in [-0.4, -0.2) is 59.1 Å². The molecule has 0 amide bonds. The van der Waals surface area contributed by atoms with E-state index in [0.29, 0.717) is 12.8 Å². The Morgan fingerprint density at radius 1 is 1.24 bits per heavy atom. The molecule has 3 fully saturated rings. The number of ether oxygens (including phenoxy) is 2. The second-order valence-corrected chi connectivity index (χ2v) is 10.5. The molecule has 8 nitrogen and oxygen atoms in total. The minimum Gasteiger partial charge on any atom is -0.469 e. The SMILES string of the molecule is COC(=O)C1CC2(C)C(CC(O)C2(O)C(=O)COC(C)=O)C2CCC3=CC(=O)C=CC3(C)C12. The van der Waals surface area contributed by atoms with Crippen LogP contribution in [0.3, 0.4) is 0 Å². The maximum Gasteiger partial charge on any atom is 0.309 e. The molecule has 0 aromatic heterocycles. The number of fused-ring (bicyclic) bond motifs is 5. The van der Waals surface area contributed by atoms with Crippen molar-refractivity contribution in [3.63, 3.8) is 0 Å². The second kappa shape index (κ2) is 7.87. The highest BCUT2D eigenvalue weighted by atomic mass is 16.5. The first-order valence-corrected chi connectivity index (χ1v) is 11.5. The standard InChI is InChI=1S/C25H32O8/c1-13(26)33-12-20(29)25(31)19(28)10-18-16-6-5-14-9-15(27)7-8-23(14,2)21(16)17(22(30)32-4)11-24(18,25)3/h7-9,16-19,21,28,31H,5-6,10-12H2,1-4H3. The van der Waals surface area contributed by atoms with E-state index in [1.807, 2.05) is 13.0 Å². The first kappa shape index (κ1) is 23.8. The molecule has 8 heteroatoms. The van der Waals surface area contributed by atoms with Crippen LogP contribution in [0.1, 0.15) is 46.5 Å². The van der Waals surface area contributed by atoms with Gasteiger partial charge < -0.3 is 19.7 Å². The van der Waals surface area contributed by atoms with Gasteiger partial charge in [0.05, 0.1) is 19.1 Å². The zero-order valence-corrected chi connectivity index (χ0v) is 19.5. The minimum absolute atomic E-state index is 0.0714. The highest BCUT2D eigenvalue weighted by Crippen LogP contribution is 2.68. The van der Waals surface area contributed by atoms with Crippen molar-refractivity contribution in [1.82, 2.24) is 0 Å². The Hall–Kier alpha value is -2.32. The number of hydrogen-bond acceptors (Lipinski definition) is 8. The normalized spacial score (nSPS) is 43.6. The summed E-state index contributed by atoms with van der Waals surface area (Å²) in [7, 11) is 1.31. The van der Waals surface area contributed by atoms with Crippen LogP contribution in [0.4, 0.5) is 0 Å². The fourth-order valence-corrected chi connectivity index (χ4v) is 7.55. The fraction of sp³-hybridized carbons (Fsp3) is 0.680. The smallest absolute Gasteiger partial charge is 0.309 e. The lowest BCUT2D eigenvalue weighted by molar-refractivity contribution is -0.191. The molecule has 0 bridgehead atoms. The monoisotopic (exact) mass is 460 g/mol. The molecule has 0 saturated heterocycles. The Kier molecular flexibility index (Phi) is 5.69. The van der Waals surface area contributed by atoms with Gasteiger partial charge in [-0.2, -0.15) is 0 Å². The third-order valence-corrected chi connectivity index (χ3v) is 9.08. The van der Waals surface area contributed by atoms with Crippen molar-refractivity contribution in [3.8, 4) is 0 Å². The molecule has 180 valence electrons. The molecule has 0 aliphatic heterocycles. The predicted molar refractivity (Wildman–Crippen MR) is 115 cm³/mol. The zero-order chi connectivity index (χ0) is 24.3. The van der Waals surface area contributed by atoms with Crippen molar-refractivity contribution in [2.75, 3.05) is 13.7 Å². The van der Waals surface area contributed by atoms with Gasteiger partial charge in [0, 0.05) is 17.8 Å². The van der Waals surface area contributed by atoms with E-state index < -0.39 is 52.8 Å². The Morgan fingerprint density at radius 2 is 1.94 bits per heavy atom. The van der Waals surface area contributed by atoms with Crippen molar-refractivity contribution in [2.24, 2.45) is 34.5 Å². The van der Waals surface area contributed by atoms with Gasteiger partial charge in [-0.25, -0.2) is 0 Å². The lowest BCUT2D eigenvalue weighted by atomic mass is 9.44. The number of carbonyl (C=O) groups is 4. The fourth-order valence-electron chi connectivity index (χ4n) is 7.55. The van der Waals surface area contributed by atoms with E-state index in [0.717, 1.165) is 5.57 Å². The second-order valence-electron chi connectivity index (χ2n) is 10.5. The summed E-state index contributed by atoms with van der Waals surface area (Å²) in [5.74, 6) is -3.10. The number of methoxy groups -OCH3 is 1. The van der Waals surface area contributed by atoms with Crippen LogP contribution in [0.2, 0.25) is 0 Å². The maximum absolute atomic E-state index is 13.1. The molecule has 8 atom stereocenters. The van der Waals surface area contributed by atoms with Gasteiger partial charge in [0.25, 0.3) is 0 Å². The van der Waals surface area contributed by atoms with E-state index in [4.69, 9.17) is 9.47 Å². The number of allylic oxidation sites excluding steroid dienone is 4. The molecule has 8 unspecified atom stereocenters. The Labute approximate surface area is 193 Å². The van der Waals surface area contributed by atoms with Gasteiger partial charge in [-0.15, -0.1) is 0 Å². The number of carbonyl (C=O) groups excluding carboxylic acids is 4. The summed E-state index contributed by atoms with van der Waals surface area (Å²) in [6.07, 6.45) is 5.38. The Balaban J connectivity index is 1.79. The maximum atomic E-state index is 13.1. The number of rotatable bonds is 4. The van der Waals surface area contributed by atoms with Crippen molar-refractivity contribution in [2.45, 2.75) is 58.2 Å². The Bertz CT molecular complexity index is 965. The average molecular weight is 461 g/mol. The Morgan fingerprint density at radius 3 is 2.58 bits per heavy atom. The summed E-state index contributed by atoms with van der Waals surface area (Å²) in [6, 6.07) is 0. The van der Waals surface area contributed by atoms with Crippen molar-refractivity contribution in [1.29, 1.82) is 0 Å². The number of hydrogen-bond donors (Lipinski definition) is 2. The van der Waals surface area contributed by atoms with Crippen LogP contribution in [0, 0.1) is 34.5 Å². The summed E-state index contributed by atoms with van der Waals surface area (Å²) in [6.45, 7) is 4.31. The van der Waals surface area contributed by atoms with Gasteiger partial charge in [0.2, 0.25) is 5.78 Å². The molecule has 4 rings (SSSR count). The summed E-state index contributed by atoms with van der Waals surface area (Å²) in [5, 5.41) is 22.7. The van der Waals surface area contributed by atoms with Gasteiger partial charge in [-0.05, 0) is 55.6 Å².